The molecule has 6 aromatic rings. The molecule has 0 N–H and O–H groups in total. The number of ether oxygens (including phenoxy) is 9. The lowest BCUT2D eigenvalue weighted by molar-refractivity contribution is -0.297. The van der Waals surface area contributed by atoms with Gasteiger partial charge >= 0.3 is 5.97 Å². The summed E-state index contributed by atoms with van der Waals surface area (Å²) in [4.78, 5) is 12.0. The van der Waals surface area contributed by atoms with Crippen LogP contribution in [0.15, 0.2) is 189 Å². The Hall–Kier alpha value is -6.05. The van der Waals surface area contributed by atoms with E-state index < -0.39 is 54.9 Å². The summed E-state index contributed by atoms with van der Waals surface area (Å²) in [6.07, 6.45) is 14.3. The van der Waals surface area contributed by atoms with Gasteiger partial charge in [-0.3, -0.25) is 4.79 Å². The zero-order valence-electron chi connectivity index (χ0n) is 40.6. The molecule has 6 aromatic carbocycles. The maximum atomic E-state index is 12.0. The van der Waals surface area contributed by atoms with E-state index in [1.807, 2.05) is 24.3 Å². The highest BCUT2D eigenvalue weighted by Crippen LogP contribution is 2.41. The summed E-state index contributed by atoms with van der Waals surface area (Å²) in [7, 11) is 0. The quantitative estimate of drug-likeness (QED) is 0.0730. The van der Waals surface area contributed by atoms with Crippen molar-refractivity contribution < 1.29 is 47.4 Å². The van der Waals surface area contributed by atoms with E-state index >= 15 is 0 Å². The van der Waals surface area contributed by atoms with Gasteiger partial charge in [0.05, 0.1) is 56.9 Å². The molecule has 72 heavy (non-hydrogen) atoms. The fourth-order valence-electron chi connectivity index (χ4n) is 10.7. The van der Waals surface area contributed by atoms with Gasteiger partial charge in [-0.2, -0.15) is 0 Å². The molecular weight excluding hydrogens is 905 g/mol. The molecule has 0 bridgehead atoms. The second-order valence-electron chi connectivity index (χ2n) is 19.5. The number of carbonyl (C=O) groups excluding carboxylic acids is 1. The molecular formula is C62H62O10. The predicted octanol–water partition coefficient (Wildman–Crippen LogP) is 11.2. The van der Waals surface area contributed by atoms with Crippen molar-refractivity contribution in [2.24, 2.45) is 0 Å². The minimum atomic E-state index is -0.559. The molecule has 10 heteroatoms. The first-order valence-electron chi connectivity index (χ1n) is 25.4. The maximum absolute atomic E-state index is 12.0. The van der Waals surface area contributed by atoms with Crippen molar-refractivity contribution >= 4 is 38.3 Å². The molecule has 0 radical (unpaired) electrons. The number of esters is 1. The Morgan fingerprint density at radius 2 is 1.22 bits per heavy atom. The van der Waals surface area contributed by atoms with Gasteiger partial charge < -0.3 is 42.6 Å². The second-order valence-corrected chi connectivity index (χ2v) is 19.5. The lowest BCUT2D eigenvalue weighted by Gasteiger charge is -2.51. The van der Waals surface area contributed by atoms with E-state index in [0.717, 1.165) is 22.1 Å². The Labute approximate surface area is 421 Å². The second kappa shape index (κ2) is 22.4. The number of hydrogen-bond donors (Lipinski definition) is 0. The number of carbonyl (C=O) groups is 1. The molecule has 0 amide bonds. The van der Waals surface area contributed by atoms with Crippen molar-refractivity contribution in [3.05, 3.63) is 205 Å². The molecule has 2 saturated heterocycles. The van der Waals surface area contributed by atoms with Crippen LogP contribution in [-0.4, -0.2) is 91.9 Å². The third-order valence-electron chi connectivity index (χ3n) is 14.3. The molecule has 13 atom stereocenters. The number of benzene rings is 6. The lowest BCUT2D eigenvalue weighted by Crippen LogP contribution is -2.64. The average molecular weight is 967 g/mol. The molecule has 10 nitrogen and oxygen atoms in total. The Bertz CT molecular complexity index is 2980. The van der Waals surface area contributed by atoms with Gasteiger partial charge in [0.2, 0.25) is 0 Å². The molecule has 11 rings (SSSR count). The fraction of sp³-hybridized carbons (Fsp3) is 0.339. The van der Waals surface area contributed by atoms with Crippen LogP contribution >= 0.6 is 0 Å². The van der Waals surface area contributed by atoms with E-state index in [1.165, 1.54) is 33.9 Å². The number of hydrogen-bond acceptors (Lipinski definition) is 10. The zero-order valence-corrected chi connectivity index (χ0v) is 40.6. The van der Waals surface area contributed by atoms with Crippen LogP contribution in [0.1, 0.15) is 42.9 Å². The highest BCUT2D eigenvalue weighted by Gasteiger charge is 2.54. The Morgan fingerprint density at radius 1 is 0.625 bits per heavy atom. The van der Waals surface area contributed by atoms with Crippen molar-refractivity contribution in [2.45, 2.75) is 125 Å². The van der Waals surface area contributed by atoms with Gasteiger partial charge in [0, 0.05) is 13.3 Å². The number of fused-ring (bicyclic) bond motifs is 7. The van der Waals surface area contributed by atoms with E-state index in [1.54, 1.807) is 6.08 Å². The highest BCUT2D eigenvalue weighted by molar-refractivity contribution is 5.84. The zero-order chi connectivity index (χ0) is 48.8. The third kappa shape index (κ3) is 11.3. The molecule has 5 aliphatic heterocycles. The van der Waals surface area contributed by atoms with Crippen molar-refractivity contribution in [3.63, 3.8) is 0 Å². The van der Waals surface area contributed by atoms with Crippen LogP contribution in [0.5, 0.6) is 0 Å². The van der Waals surface area contributed by atoms with Crippen molar-refractivity contribution in [2.75, 3.05) is 6.61 Å². The van der Waals surface area contributed by atoms with Crippen molar-refractivity contribution in [1.82, 2.24) is 0 Å². The fourth-order valence-corrected chi connectivity index (χ4v) is 10.7. The molecule has 0 saturated carbocycles. The summed E-state index contributed by atoms with van der Waals surface area (Å²) in [5.41, 5.74) is 3.25. The molecule has 5 heterocycles. The smallest absolute Gasteiger partial charge is 0.303 e. The van der Waals surface area contributed by atoms with Gasteiger partial charge in [-0.25, -0.2) is 0 Å². The molecule has 0 unspecified atom stereocenters. The normalized spacial score (nSPS) is 29.3. The first-order valence-corrected chi connectivity index (χ1v) is 25.4. The SMILES string of the molecule is C=CC[C@H]1O[C@H]2C=C[C@H]3O[C@H]4[C@H](OCc5ccc6ccccc6c5)[C@H]5O[C@@H](/C=C/[C@@H](COCc6ccc7ccccc7c6)OCc6ccc7ccccc7c6)C=CC[C@@H]5O[C@@H]4C[C@@H]3O[C@@H]2C=C[C@@H]1OC(C)=O. The van der Waals surface area contributed by atoms with Crippen LogP contribution in [-0.2, 0) is 67.2 Å². The van der Waals surface area contributed by atoms with E-state index in [-0.39, 0.29) is 30.4 Å². The van der Waals surface area contributed by atoms with Gasteiger partial charge in [-0.15, -0.1) is 6.58 Å². The minimum absolute atomic E-state index is 0.313. The predicted molar refractivity (Wildman–Crippen MR) is 278 cm³/mol. The molecule has 0 aromatic heterocycles. The summed E-state index contributed by atoms with van der Waals surface area (Å²) >= 11 is 0. The Morgan fingerprint density at radius 3 is 1.89 bits per heavy atom. The van der Waals surface area contributed by atoms with Crippen LogP contribution in [0.2, 0.25) is 0 Å². The van der Waals surface area contributed by atoms with Gasteiger partial charge in [0.25, 0.3) is 0 Å². The van der Waals surface area contributed by atoms with E-state index in [0.29, 0.717) is 45.7 Å². The van der Waals surface area contributed by atoms with E-state index in [9.17, 15) is 4.79 Å². The maximum Gasteiger partial charge on any atom is 0.303 e. The Kier molecular flexibility index (Phi) is 15.0. The van der Waals surface area contributed by atoms with Crippen LogP contribution < -0.4 is 0 Å². The molecule has 0 aliphatic carbocycles. The van der Waals surface area contributed by atoms with Gasteiger partial charge in [-0.1, -0.05) is 158 Å². The molecule has 0 spiro atoms. The molecule has 2 fully saturated rings. The van der Waals surface area contributed by atoms with E-state index in [4.69, 9.17) is 42.6 Å². The summed E-state index contributed by atoms with van der Waals surface area (Å²) < 4.78 is 60.4. The van der Waals surface area contributed by atoms with Crippen LogP contribution in [0.4, 0.5) is 0 Å². The largest absolute Gasteiger partial charge is 0.456 e. The van der Waals surface area contributed by atoms with Gasteiger partial charge in [0.15, 0.2) is 0 Å². The summed E-state index contributed by atoms with van der Waals surface area (Å²) in [5.74, 6) is -0.373. The summed E-state index contributed by atoms with van der Waals surface area (Å²) in [6, 6.07) is 44.4. The standard InChI is InChI=1S/C62H62O10/c1-3-11-52-53(67-40(2)63)28-29-55-54(69-52)30-31-56-58(70-55)35-59-61(72-56)62(66-38-43-22-25-46-14-6-9-17-49(46)34-43)60-57(71-59)19-10-18-50(68-60)26-27-51(65-37-42-21-24-45-13-5-8-16-48(45)33-42)39-64-36-41-20-23-44-12-4-7-15-47(44)32-41/h3-10,12-18,20-34,50-62H,1,11,19,35-39H2,2H3/b27-26+/t50-,51+,52-,53+,54+,55-,56-,57+,58+,59-,60+,61-,62-/m1/s1. The molecule has 5 aliphatic rings. The van der Waals surface area contributed by atoms with E-state index in [2.05, 4.69) is 158 Å². The monoisotopic (exact) mass is 966 g/mol. The highest BCUT2D eigenvalue weighted by atomic mass is 16.6. The average Bonchev–Trinajstić information content (AvgIpc) is 3.78. The van der Waals surface area contributed by atoms with Crippen molar-refractivity contribution in [3.8, 4) is 0 Å². The topological polar surface area (TPSA) is 100 Å². The Balaban J connectivity index is 0.833. The summed E-state index contributed by atoms with van der Waals surface area (Å²) in [6.45, 7) is 6.90. The van der Waals surface area contributed by atoms with Crippen LogP contribution in [0.3, 0.4) is 0 Å². The minimum Gasteiger partial charge on any atom is -0.456 e. The third-order valence-corrected chi connectivity index (χ3v) is 14.3. The number of rotatable bonds is 15. The first-order chi connectivity index (χ1) is 35.4. The first kappa shape index (κ1) is 48.2. The van der Waals surface area contributed by atoms with Crippen LogP contribution in [0, 0.1) is 0 Å². The van der Waals surface area contributed by atoms with Crippen LogP contribution in [0.25, 0.3) is 32.3 Å². The molecule has 370 valence electrons. The summed E-state index contributed by atoms with van der Waals surface area (Å²) in [5, 5.41) is 7.07. The van der Waals surface area contributed by atoms with Gasteiger partial charge in [0.1, 0.15) is 48.8 Å². The van der Waals surface area contributed by atoms with Crippen molar-refractivity contribution in [1.29, 1.82) is 0 Å². The lowest BCUT2D eigenvalue weighted by atomic mass is 9.87. The van der Waals surface area contributed by atoms with Gasteiger partial charge in [-0.05, 0) is 86.1 Å².